The molecule has 3 atom stereocenters. The predicted octanol–water partition coefficient (Wildman–Crippen LogP) is 2.95. The first-order valence-electron chi connectivity index (χ1n) is 12.7. The van der Waals surface area contributed by atoms with Crippen LogP contribution in [0.25, 0.3) is 11.2 Å². The van der Waals surface area contributed by atoms with Crippen LogP contribution in [0.4, 0.5) is 5.82 Å². The number of imidazole rings is 1. The van der Waals surface area contributed by atoms with E-state index in [-0.39, 0.29) is 18.1 Å². The van der Waals surface area contributed by atoms with Crippen LogP contribution in [0.5, 0.6) is 0 Å². The van der Waals surface area contributed by atoms with Crippen molar-refractivity contribution in [2.75, 3.05) is 12.3 Å². The fraction of sp³-hybridized carbons (Fsp3) is 0.345. The Bertz CT molecular complexity index is 1440. The van der Waals surface area contributed by atoms with Crippen molar-refractivity contribution in [1.29, 1.82) is 0 Å². The monoisotopic (exact) mass is 527 g/mol. The molecule has 0 amide bonds. The number of anilines is 1. The molecule has 0 radical (unpaired) electrons. The van der Waals surface area contributed by atoms with Gasteiger partial charge in [-0.2, -0.15) is 0 Å². The minimum absolute atomic E-state index is 0.0250. The molecule has 1 saturated heterocycles. The molecule has 9 heteroatoms. The molecule has 38 heavy (non-hydrogen) atoms. The van der Waals surface area contributed by atoms with E-state index in [0.29, 0.717) is 22.8 Å². The number of hydrogen-bond donors (Lipinski definition) is 2. The maximum absolute atomic E-state index is 11.3. The number of benzene rings is 2. The van der Waals surface area contributed by atoms with E-state index in [1.54, 1.807) is 17.8 Å². The van der Waals surface area contributed by atoms with Crippen LogP contribution in [-0.4, -0.2) is 51.3 Å². The Hall–Kier alpha value is -3.55. The van der Waals surface area contributed by atoms with Crippen molar-refractivity contribution in [2.24, 2.45) is 0 Å². The molecule has 2 aromatic heterocycles. The second kappa shape index (κ2) is 9.64. The molecule has 0 unspecified atom stereocenters. The summed E-state index contributed by atoms with van der Waals surface area (Å²) in [5.74, 6) is 3.57. The van der Waals surface area contributed by atoms with Gasteiger partial charge in [0, 0.05) is 6.42 Å². The van der Waals surface area contributed by atoms with Crippen LogP contribution in [0.1, 0.15) is 39.2 Å². The lowest BCUT2D eigenvalue weighted by Crippen LogP contribution is -2.68. The van der Waals surface area contributed by atoms with Gasteiger partial charge in [-0.1, -0.05) is 87.4 Å². The largest absolute Gasteiger partial charge is 0.403 e. The number of aliphatic hydroxyl groups excluding tert-OH is 1. The Kier molecular flexibility index (Phi) is 6.61. The second-order valence-corrected chi connectivity index (χ2v) is 15.1. The molecule has 0 spiro atoms. The first-order chi connectivity index (χ1) is 18.1. The normalized spacial score (nSPS) is 22.0. The Morgan fingerprint density at radius 3 is 2.29 bits per heavy atom. The van der Waals surface area contributed by atoms with Crippen molar-refractivity contribution in [2.45, 2.75) is 57.1 Å². The highest BCUT2D eigenvalue weighted by atomic mass is 28.4. The average Bonchev–Trinajstić information content (AvgIpc) is 3.46. The van der Waals surface area contributed by atoms with Crippen molar-refractivity contribution in [3.8, 4) is 12.3 Å². The molecule has 196 valence electrons. The molecule has 5 rings (SSSR count). The van der Waals surface area contributed by atoms with Crippen LogP contribution in [0.3, 0.4) is 0 Å². The molecule has 3 N–H and O–H groups in total. The van der Waals surface area contributed by atoms with E-state index >= 15 is 0 Å². The summed E-state index contributed by atoms with van der Waals surface area (Å²) in [4.78, 5) is 13.1. The van der Waals surface area contributed by atoms with Crippen molar-refractivity contribution in [1.82, 2.24) is 19.5 Å². The van der Waals surface area contributed by atoms with E-state index < -0.39 is 26.3 Å². The van der Waals surface area contributed by atoms with Crippen molar-refractivity contribution in [3.63, 3.8) is 0 Å². The number of rotatable bonds is 6. The highest BCUT2D eigenvalue weighted by Crippen LogP contribution is 2.42. The number of aryl methyl sites for hydroxylation is 1. The first kappa shape index (κ1) is 26.1. The van der Waals surface area contributed by atoms with Gasteiger partial charge in [-0.05, 0) is 22.3 Å². The van der Waals surface area contributed by atoms with Crippen LogP contribution in [0.2, 0.25) is 5.04 Å². The molecule has 8 nitrogen and oxygen atoms in total. The number of fused-ring (bicyclic) bond motifs is 1. The zero-order chi connectivity index (χ0) is 27.1. The third kappa shape index (κ3) is 4.20. The van der Waals surface area contributed by atoms with Gasteiger partial charge < -0.3 is 20.0 Å². The Morgan fingerprint density at radius 2 is 1.74 bits per heavy atom. The molecule has 3 heterocycles. The third-order valence-electron chi connectivity index (χ3n) is 7.34. The van der Waals surface area contributed by atoms with Crippen LogP contribution in [0, 0.1) is 19.3 Å². The summed E-state index contributed by atoms with van der Waals surface area (Å²) < 4.78 is 15.3. The van der Waals surface area contributed by atoms with Gasteiger partial charge in [-0.3, -0.25) is 4.57 Å². The lowest BCUT2D eigenvalue weighted by atomic mass is 9.99. The van der Waals surface area contributed by atoms with Crippen LogP contribution in [-0.2, 0) is 9.16 Å². The molecule has 1 aliphatic heterocycles. The summed E-state index contributed by atoms with van der Waals surface area (Å²) in [5, 5.41) is 13.3. The van der Waals surface area contributed by atoms with E-state index in [1.807, 2.05) is 36.4 Å². The molecule has 1 aliphatic rings. The van der Waals surface area contributed by atoms with E-state index in [2.05, 4.69) is 65.9 Å². The van der Waals surface area contributed by atoms with E-state index in [0.717, 1.165) is 10.4 Å². The lowest BCUT2D eigenvalue weighted by Gasteiger charge is -2.44. The number of ether oxygens (including phenoxy) is 1. The number of nitrogens with zero attached hydrogens (tertiary/aromatic N) is 4. The minimum atomic E-state index is -2.90. The van der Waals surface area contributed by atoms with Gasteiger partial charge in [0.15, 0.2) is 17.1 Å². The highest BCUT2D eigenvalue weighted by molar-refractivity contribution is 6.99. The van der Waals surface area contributed by atoms with Crippen molar-refractivity contribution >= 4 is 35.7 Å². The number of aromatic nitrogens is 4. The second-order valence-electron chi connectivity index (χ2n) is 10.8. The average molecular weight is 528 g/mol. The minimum Gasteiger partial charge on any atom is -0.403 e. The van der Waals surface area contributed by atoms with Gasteiger partial charge >= 0.3 is 0 Å². The predicted molar refractivity (Wildman–Crippen MR) is 150 cm³/mol. The Balaban J connectivity index is 1.53. The Morgan fingerprint density at radius 1 is 1.13 bits per heavy atom. The van der Waals surface area contributed by atoms with Gasteiger partial charge in [0.1, 0.15) is 23.7 Å². The smallest absolute Gasteiger partial charge is 0.261 e. The SMILES string of the molecule is C#C[C@]1(CO[Si](c2ccccc2)(c2ccccc2)C(C)(C)C)O[C@@H](n2cnc3c(N)nc(C)nc32)C[C@@H]1O. The molecule has 0 aliphatic carbocycles. The first-order valence-corrected chi connectivity index (χ1v) is 14.6. The molecular weight excluding hydrogens is 494 g/mol. The van der Waals surface area contributed by atoms with Gasteiger partial charge in [-0.15, -0.1) is 6.42 Å². The molecule has 2 aromatic carbocycles. The van der Waals surface area contributed by atoms with Crippen molar-refractivity contribution < 1.29 is 14.3 Å². The summed E-state index contributed by atoms with van der Waals surface area (Å²) in [5.41, 5.74) is 5.72. The van der Waals surface area contributed by atoms with Crippen molar-refractivity contribution in [3.05, 3.63) is 72.8 Å². The molecule has 4 aromatic rings. The van der Waals surface area contributed by atoms with Gasteiger partial charge in [0.2, 0.25) is 0 Å². The lowest BCUT2D eigenvalue weighted by molar-refractivity contribution is -0.0857. The summed E-state index contributed by atoms with van der Waals surface area (Å²) in [6.07, 6.45) is 6.37. The number of nitrogen functional groups attached to an aromatic ring is 1. The summed E-state index contributed by atoms with van der Waals surface area (Å²) in [6.45, 7) is 8.37. The van der Waals surface area contributed by atoms with Gasteiger partial charge in [-0.25, -0.2) is 15.0 Å². The Labute approximate surface area is 224 Å². The van der Waals surface area contributed by atoms with E-state index in [1.165, 1.54) is 0 Å². The number of nitrogens with two attached hydrogens (primary N) is 1. The summed E-state index contributed by atoms with van der Waals surface area (Å²) in [7, 11) is -2.90. The molecule has 0 saturated carbocycles. The maximum atomic E-state index is 11.3. The zero-order valence-corrected chi connectivity index (χ0v) is 23.1. The molecular formula is C29H33N5O3Si. The maximum Gasteiger partial charge on any atom is 0.261 e. The molecule has 1 fully saturated rings. The molecule has 0 bridgehead atoms. The number of hydrogen-bond acceptors (Lipinski definition) is 7. The number of aliphatic hydroxyl groups is 1. The van der Waals surface area contributed by atoms with Gasteiger partial charge in [0.05, 0.1) is 12.9 Å². The number of terminal acetylenes is 1. The quantitative estimate of drug-likeness (QED) is 0.293. The third-order valence-corrected chi connectivity index (χ3v) is 12.3. The summed E-state index contributed by atoms with van der Waals surface area (Å²) in [6, 6.07) is 20.6. The standard InChI is InChI=1S/C29H33N5O3Si/c1-6-29(23(35)17-24(37-29)34-19-31-25-26(30)32-20(2)33-27(25)34)18-36-38(28(3,4)5,21-13-9-7-10-14-21)22-15-11-8-12-16-22/h1,7-16,19,23-24,35H,17-18H2,2-5H3,(H2,30,32,33)/t23-,24+,29+/m0/s1. The topological polar surface area (TPSA) is 108 Å². The zero-order valence-electron chi connectivity index (χ0n) is 22.1. The van der Waals surface area contributed by atoms with E-state index in [9.17, 15) is 5.11 Å². The fourth-order valence-corrected chi connectivity index (χ4v) is 10.0. The van der Waals surface area contributed by atoms with Crippen LogP contribution >= 0.6 is 0 Å². The van der Waals surface area contributed by atoms with Gasteiger partial charge in [0.25, 0.3) is 8.32 Å². The highest BCUT2D eigenvalue weighted by Gasteiger charge is 2.54. The fourth-order valence-electron chi connectivity index (χ4n) is 5.46. The van der Waals surface area contributed by atoms with E-state index in [4.69, 9.17) is 21.3 Å². The van der Waals surface area contributed by atoms with Crippen LogP contribution in [0.15, 0.2) is 67.0 Å². The summed E-state index contributed by atoms with van der Waals surface area (Å²) >= 11 is 0. The van der Waals surface area contributed by atoms with Crippen LogP contribution < -0.4 is 16.1 Å².